The third kappa shape index (κ3) is 4.48. The highest BCUT2D eigenvalue weighted by Crippen LogP contribution is 2.59. The van der Waals surface area contributed by atoms with E-state index in [9.17, 15) is 27.4 Å². The normalized spacial score (nSPS) is 18.0. The Kier molecular flexibility index (Phi) is 6.29. The second kappa shape index (κ2) is 9.04. The van der Waals surface area contributed by atoms with Gasteiger partial charge in [0, 0.05) is 24.0 Å². The van der Waals surface area contributed by atoms with Crippen LogP contribution >= 0.6 is 22.1 Å². The highest BCUT2D eigenvalue weighted by molar-refractivity contribution is 8.23. The molecule has 5 rings (SSSR count). The summed E-state index contributed by atoms with van der Waals surface area (Å²) >= 11 is 1.12. The molecule has 0 atom stereocenters. The minimum Gasteiger partial charge on any atom is -0.506 e. The molecule has 2 aliphatic rings. The van der Waals surface area contributed by atoms with Gasteiger partial charge in [0.05, 0.1) is 10.8 Å². The molecule has 0 saturated heterocycles. The standard InChI is InChI=1S/C22H27N5O6S3/c1-12(2)35(30,31)24-10-14-11-34-21-19(14)36(32,33)26-20(25-21)17-18(28)15-5-3-4-6-16(15)27(22(17)29)23-9-13-7-8-13/h3-6,11-13,23-24,28,32-33H,7-10H2,1-2H3,(H,25,26). The molecule has 1 aliphatic carbocycles. The monoisotopic (exact) mass is 553 g/mol. The van der Waals surface area contributed by atoms with Crippen LogP contribution in [0.2, 0.25) is 0 Å². The van der Waals surface area contributed by atoms with Gasteiger partial charge in [-0.25, -0.2) is 17.8 Å². The summed E-state index contributed by atoms with van der Waals surface area (Å²) in [5.41, 5.74) is 3.21. The second-order valence-corrected chi connectivity index (χ2v) is 13.9. The van der Waals surface area contributed by atoms with Crippen molar-refractivity contribution in [1.82, 2.24) is 9.40 Å². The molecular formula is C22H27N5O6S3. The van der Waals surface area contributed by atoms with Crippen molar-refractivity contribution < 1.29 is 22.6 Å². The number of hydrogen-bond acceptors (Lipinski definition) is 10. The number of nitrogens with zero attached hydrogens (tertiary/aromatic N) is 2. The third-order valence-corrected chi connectivity index (χ3v) is 10.5. The van der Waals surface area contributed by atoms with Crippen LogP contribution in [0.1, 0.15) is 37.8 Å². The molecule has 0 amide bonds. The SMILES string of the molecule is CC(C)S(=O)(=O)NCc1csc2c1S(O)(O)N=C(c1c(O)c3ccccc3n(NCC3CC3)c1=O)N2. The molecule has 6 N–H and O–H groups in total. The Labute approximate surface area is 213 Å². The number of benzene rings is 1. The van der Waals surface area contributed by atoms with Gasteiger partial charge in [-0.2, -0.15) is 0 Å². The Morgan fingerprint density at radius 2 is 2.00 bits per heavy atom. The Morgan fingerprint density at radius 1 is 1.28 bits per heavy atom. The lowest BCUT2D eigenvalue weighted by Gasteiger charge is -2.33. The van der Waals surface area contributed by atoms with E-state index in [2.05, 4.69) is 19.9 Å². The van der Waals surface area contributed by atoms with Crippen LogP contribution in [0.4, 0.5) is 5.00 Å². The van der Waals surface area contributed by atoms with Crippen LogP contribution in [-0.4, -0.2) is 44.9 Å². The van der Waals surface area contributed by atoms with Crippen molar-refractivity contribution in [2.75, 3.05) is 17.3 Å². The molecule has 2 aromatic heterocycles. The van der Waals surface area contributed by atoms with Crippen molar-refractivity contribution >= 4 is 53.9 Å². The first-order chi connectivity index (χ1) is 17.0. The van der Waals surface area contributed by atoms with E-state index < -0.39 is 31.6 Å². The molecule has 1 saturated carbocycles. The number of amidine groups is 1. The Balaban J connectivity index is 1.56. The number of nitrogens with one attached hydrogen (secondary N) is 3. The maximum absolute atomic E-state index is 13.5. The summed E-state index contributed by atoms with van der Waals surface area (Å²) in [5, 5.41) is 15.7. The van der Waals surface area contributed by atoms with Gasteiger partial charge in [0.25, 0.3) is 5.56 Å². The summed E-state index contributed by atoms with van der Waals surface area (Å²) in [4.78, 5) is 13.6. The fourth-order valence-electron chi connectivity index (χ4n) is 3.89. The van der Waals surface area contributed by atoms with Crippen LogP contribution in [0.15, 0.2) is 43.7 Å². The maximum atomic E-state index is 13.5. The van der Waals surface area contributed by atoms with E-state index in [4.69, 9.17) is 0 Å². The Hall–Kier alpha value is -2.62. The van der Waals surface area contributed by atoms with Crippen LogP contribution in [0.5, 0.6) is 5.75 Å². The van der Waals surface area contributed by atoms with E-state index in [-0.39, 0.29) is 28.6 Å². The number of pyridine rings is 1. The molecule has 1 aliphatic heterocycles. The zero-order valence-electron chi connectivity index (χ0n) is 19.6. The lowest BCUT2D eigenvalue weighted by atomic mass is 10.1. The van der Waals surface area contributed by atoms with E-state index in [1.165, 1.54) is 4.68 Å². The molecule has 3 aromatic rings. The number of sulfonamides is 1. The summed E-state index contributed by atoms with van der Waals surface area (Å²) < 4.78 is 54.1. The number of aromatic nitrogens is 1. The number of hydrogen-bond donors (Lipinski definition) is 6. The van der Waals surface area contributed by atoms with Crippen molar-refractivity contribution in [2.24, 2.45) is 10.3 Å². The minimum absolute atomic E-state index is 0.0650. The molecule has 194 valence electrons. The number of rotatable bonds is 8. The molecule has 11 nitrogen and oxygen atoms in total. The molecule has 0 bridgehead atoms. The number of aromatic hydroxyl groups is 1. The zero-order chi connectivity index (χ0) is 25.8. The lowest BCUT2D eigenvalue weighted by Crippen LogP contribution is -2.36. The van der Waals surface area contributed by atoms with Gasteiger partial charge in [0.2, 0.25) is 10.0 Å². The molecule has 1 aromatic carbocycles. The third-order valence-electron chi connectivity index (χ3n) is 6.15. The first kappa shape index (κ1) is 25.0. The average molecular weight is 554 g/mol. The van der Waals surface area contributed by atoms with Gasteiger partial charge < -0.3 is 15.8 Å². The van der Waals surface area contributed by atoms with Crippen molar-refractivity contribution in [3.63, 3.8) is 0 Å². The summed E-state index contributed by atoms with van der Waals surface area (Å²) in [5.74, 6) is -0.0226. The zero-order valence-corrected chi connectivity index (χ0v) is 22.0. The van der Waals surface area contributed by atoms with Gasteiger partial charge in [-0.1, -0.05) is 22.9 Å². The smallest absolute Gasteiger partial charge is 0.284 e. The summed E-state index contributed by atoms with van der Waals surface area (Å²) in [7, 11) is -7.38. The van der Waals surface area contributed by atoms with Gasteiger partial charge in [-0.05, 0) is 50.1 Å². The fraction of sp³-hybridized carbons (Fsp3) is 0.364. The van der Waals surface area contributed by atoms with Crippen LogP contribution in [0.3, 0.4) is 0 Å². The molecule has 0 radical (unpaired) electrons. The first-order valence-electron chi connectivity index (χ1n) is 11.3. The molecule has 36 heavy (non-hydrogen) atoms. The van der Waals surface area contributed by atoms with Crippen LogP contribution in [-0.2, 0) is 16.6 Å². The minimum atomic E-state index is -3.81. The van der Waals surface area contributed by atoms with Crippen molar-refractivity contribution in [3.8, 4) is 5.75 Å². The lowest BCUT2D eigenvalue weighted by molar-refractivity contribution is 0.478. The number of thiophene rings is 1. The molecule has 0 unspecified atom stereocenters. The van der Waals surface area contributed by atoms with Gasteiger partial charge in [0.15, 0.2) is 5.84 Å². The fourth-order valence-corrected chi connectivity index (χ4v) is 7.25. The molecule has 0 spiro atoms. The van der Waals surface area contributed by atoms with Crippen molar-refractivity contribution in [3.05, 3.63) is 51.1 Å². The largest absolute Gasteiger partial charge is 0.506 e. The highest BCUT2D eigenvalue weighted by atomic mass is 32.3. The Bertz CT molecular complexity index is 1540. The van der Waals surface area contributed by atoms with Crippen LogP contribution in [0.25, 0.3) is 10.9 Å². The summed E-state index contributed by atoms with van der Waals surface area (Å²) in [6, 6.07) is 6.87. The maximum Gasteiger partial charge on any atom is 0.284 e. The molecule has 1 fully saturated rings. The van der Waals surface area contributed by atoms with Gasteiger partial charge in [-0.3, -0.25) is 13.9 Å². The highest BCUT2D eigenvalue weighted by Gasteiger charge is 2.34. The van der Waals surface area contributed by atoms with E-state index in [0.29, 0.717) is 33.9 Å². The predicted octanol–water partition coefficient (Wildman–Crippen LogP) is 3.45. The quantitative estimate of drug-likeness (QED) is 0.247. The van der Waals surface area contributed by atoms with Gasteiger partial charge >= 0.3 is 0 Å². The van der Waals surface area contributed by atoms with E-state index in [1.807, 2.05) is 0 Å². The van der Waals surface area contributed by atoms with E-state index in [1.54, 1.807) is 43.5 Å². The van der Waals surface area contributed by atoms with E-state index >= 15 is 0 Å². The number of anilines is 1. The summed E-state index contributed by atoms with van der Waals surface area (Å²) in [6.45, 7) is 3.53. The number of para-hydroxylation sites is 1. The molecule has 3 heterocycles. The van der Waals surface area contributed by atoms with Crippen LogP contribution < -0.4 is 21.0 Å². The van der Waals surface area contributed by atoms with Gasteiger partial charge in [-0.15, -0.1) is 15.7 Å². The molecular weight excluding hydrogens is 526 g/mol. The topological polar surface area (TPSA) is 165 Å². The summed E-state index contributed by atoms with van der Waals surface area (Å²) in [6.07, 6.45) is 2.16. The Morgan fingerprint density at radius 3 is 2.69 bits per heavy atom. The van der Waals surface area contributed by atoms with E-state index in [0.717, 1.165) is 24.2 Å². The van der Waals surface area contributed by atoms with Crippen LogP contribution in [0, 0.1) is 5.92 Å². The van der Waals surface area contributed by atoms with Gasteiger partial charge in [0.1, 0.15) is 21.2 Å². The molecule has 14 heteroatoms. The van der Waals surface area contributed by atoms with Crippen molar-refractivity contribution in [1.29, 1.82) is 0 Å². The second-order valence-electron chi connectivity index (χ2n) is 9.10. The van der Waals surface area contributed by atoms with Crippen molar-refractivity contribution in [2.45, 2.75) is 43.4 Å². The number of fused-ring (bicyclic) bond motifs is 2. The first-order valence-corrected chi connectivity index (χ1v) is 15.3. The average Bonchev–Trinajstić information content (AvgIpc) is 3.54. The predicted molar refractivity (Wildman–Crippen MR) is 143 cm³/mol.